The smallest absolute Gasteiger partial charge is 0.264 e. The molecule has 6 heteroatoms. The maximum absolute atomic E-state index is 11.8. The van der Waals surface area contributed by atoms with Crippen LogP contribution in [0, 0.1) is 0 Å². The van der Waals surface area contributed by atoms with Crippen molar-refractivity contribution in [3.63, 3.8) is 0 Å². The summed E-state index contributed by atoms with van der Waals surface area (Å²) in [5, 5.41) is 4.62. The fourth-order valence-electron chi connectivity index (χ4n) is 1.35. The molecule has 0 radical (unpaired) electrons. The summed E-state index contributed by atoms with van der Waals surface area (Å²) in [4.78, 5) is 19.4. The van der Waals surface area contributed by atoms with Crippen LogP contribution in [-0.2, 0) is 0 Å². The SMILES string of the molecule is CC(NC(=O)c1sccc1N)c1ncc[nH]1. The van der Waals surface area contributed by atoms with Crippen LogP contribution in [0.25, 0.3) is 0 Å². The lowest BCUT2D eigenvalue weighted by atomic mass is 10.3. The van der Waals surface area contributed by atoms with Crippen molar-refractivity contribution in [2.24, 2.45) is 0 Å². The van der Waals surface area contributed by atoms with E-state index in [1.165, 1.54) is 11.3 Å². The van der Waals surface area contributed by atoms with E-state index in [1.807, 2.05) is 6.92 Å². The van der Waals surface area contributed by atoms with Gasteiger partial charge in [0.2, 0.25) is 0 Å². The molecule has 16 heavy (non-hydrogen) atoms. The first-order chi connectivity index (χ1) is 7.68. The monoisotopic (exact) mass is 236 g/mol. The highest BCUT2D eigenvalue weighted by Gasteiger charge is 2.15. The number of carbonyl (C=O) groups excluding carboxylic acids is 1. The Balaban J connectivity index is 2.06. The molecule has 4 N–H and O–H groups in total. The average molecular weight is 236 g/mol. The lowest BCUT2D eigenvalue weighted by molar-refractivity contribution is 0.0943. The average Bonchev–Trinajstić information content (AvgIpc) is 2.86. The molecule has 0 bridgehead atoms. The summed E-state index contributed by atoms with van der Waals surface area (Å²) in [7, 11) is 0. The molecule has 2 aromatic rings. The number of rotatable bonds is 3. The first-order valence-corrected chi connectivity index (χ1v) is 5.69. The normalized spacial score (nSPS) is 12.3. The second-order valence-electron chi connectivity index (χ2n) is 3.37. The summed E-state index contributed by atoms with van der Waals surface area (Å²) >= 11 is 1.33. The number of H-pyrrole nitrogens is 1. The van der Waals surface area contributed by atoms with Gasteiger partial charge in [-0.25, -0.2) is 4.98 Å². The molecule has 1 amide bonds. The van der Waals surface area contributed by atoms with E-state index < -0.39 is 0 Å². The molecule has 0 aliphatic rings. The zero-order valence-electron chi connectivity index (χ0n) is 8.73. The molecule has 84 valence electrons. The van der Waals surface area contributed by atoms with Crippen molar-refractivity contribution in [1.29, 1.82) is 0 Å². The van der Waals surface area contributed by atoms with Crippen LogP contribution >= 0.6 is 11.3 Å². The zero-order chi connectivity index (χ0) is 11.5. The summed E-state index contributed by atoms with van der Waals surface area (Å²) in [6, 6.07) is 1.56. The molecule has 5 nitrogen and oxygen atoms in total. The molecule has 0 saturated carbocycles. The number of anilines is 1. The van der Waals surface area contributed by atoms with Crippen molar-refractivity contribution in [1.82, 2.24) is 15.3 Å². The van der Waals surface area contributed by atoms with Crippen molar-refractivity contribution in [3.8, 4) is 0 Å². The minimum absolute atomic E-state index is 0.163. The molecular formula is C10H12N4OS. The van der Waals surface area contributed by atoms with Crippen LogP contribution in [0.1, 0.15) is 28.5 Å². The third kappa shape index (κ3) is 2.06. The Labute approximate surface area is 96.7 Å². The molecule has 0 aliphatic heterocycles. The van der Waals surface area contributed by atoms with Gasteiger partial charge in [-0.1, -0.05) is 0 Å². The first kappa shape index (κ1) is 10.7. The second-order valence-corrected chi connectivity index (χ2v) is 4.29. The van der Waals surface area contributed by atoms with Gasteiger partial charge in [0.1, 0.15) is 10.7 Å². The highest BCUT2D eigenvalue weighted by Crippen LogP contribution is 2.19. The van der Waals surface area contributed by atoms with E-state index in [4.69, 9.17) is 5.73 Å². The van der Waals surface area contributed by atoms with Gasteiger partial charge in [-0.15, -0.1) is 11.3 Å². The van der Waals surface area contributed by atoms with Gasteiger partial charge < -0.3 is 16.0 Å². The molecule has 2 heterocycles. The van der Waals surface area contributed by atoms with Gasteiger partial charge in [0.05, 0.1) is 11.7 Å². The van der Waals surface area contributed by atoms with E-state index >= 15 is 0 Å². The van der Waals surface area contributed by atoms with Gasteiger partial charge in [0.15, 0.2) is 0 Å². The summed E-state index contributed by atoms with van der Waals surface area (Å²) in [6.07, 6.45) is 3.37. The van der Waals surface area contributed by atoms with E-state index in [0.29, 0.717) is 10.6 Å². The van der Waals surface area contributed by atoms with Crippen LogP contribution in [0.4, 0.5) is 5.69 Å². The fourth-order valence-corrected chi connectivity index (χ4v) is 2.07. The Kier molecular flexibility index (Phi) is 2.91. The van der Waals surface area contributed by atoms with E-state index in [1.54, 1.807) is 23.8 Å². The number of amides is 1. The number of nitrogens with zero attached hydrogens (tertiary/aromatic N) is 1. The minimum Gasteiger partial charge on any atom is -0.397 e. The molecule has 2 aromatic heterocycles. The molecule has 1 atom stereocenters. The van der Waals surface area contributed by atoms with Gasteiger partial charge in [-0.2, -0.15) is 0 Å². The number of carbonyl (C=O) groups is 1. The quantitative estimate of drug-likeness (QED) is 0.756. The van der Waals surface area contributed by atoms with Gasteiger partial charge in [-0.3, -0.25) is 4.79 Å². The van der Waals surface area contributed by atoms with Crippen molar-refractivity contribution in [2.45, 2.75) is 13.0 Å². The summed E-state index contributed by atoms with van der Waals surface area (Å²) in [6.45, 7) is 1.86. The summed E-state index contributed by atoms with van der Waals surface area (Å²) in [5.41, 5.74) is 6.17. The largest absolute Gasteiger partial charge is 0.397 e. The minimum atomic E-state index is -0.170. The van der Waals surface area contributed by atoms with Crippen molar-refractivity contribution >= 4 is 22.9 Å². The summed E-state index contributed by atoms with van der Waals surface area (Å²) in [5.74, 6) is 0.555. The van der Waals surface area contributed by atoms with Gasteiger partial charge in [0.25, 0.3) is 5.91 Å². The Morgan fingerprint density at radius 3 is 3.06 bits per heavy atom. The third-order valence-corrected chi connectivity index (χ3v) is 3.11. The lowest BCUT2D eigenvalue weighted by Crippen LogP contribution is -2.27. The van der Waals surface area contributed by atoms with Crippen molar-refractivity contribution < 1.29 is 4.79 Å². The highest BCUT2D eigenvalue weighted by molar-refractivity contribution is 7.12. The second kappa shape index (κ2) is 4.36. The molecule has 0 aliphatic carbocycles. The molecule has 0 saturated heterocycles. The Bertz CT molecular complexity index is 477. The van der Waals surface area contributed by atoms with Crippen molar-refractivity contribution in [2.75, 3.05) is 5.73 Å². The lowest BCUT2D eigenvalue weighted by Gasteiger charge is -2.10. The number of thiophene rings is 1. The van der Waals surface area contributed by atoms with Crippen molar-refractivity contribution in [3.05, 3.63) is 34.5 Å². The Morgan fingerprint density at radius 2 is 2.50 bits per heavy atom. The molecule has 0 fully saturated rings. The molecule has 2 rings (SSSR count). The highest BCUT2D eigenvalue weighted by atomic mass is 32.1. The standard InChI is InChI=1S/C10H12N4OS/c1-6(9-12-3-4-13-9)14-10(15)8-7(11)2-5-16-8/h2-6H,11H2,1H3,(H,12,13)(H,14,15). The predicted octanol–water partition coefficient (Wildman–Crippen LogP) is 1.54. The third-order valence-electron chi connectivity index (χ3n) is 2.18. The molecule has 0 spiro atoms. The summed E-state index contributed by atoms with van der Waals surface area (Å²) < 4.78 is 0. The van der Waals surface area contributed by atoms with Crippen LogP contribution in [0.2, 0.25) is 0 Å². The molecule has 1 unspecified atom stereocenters. The Hall–Kier alpha value is -1.82. The van der Waals surface area contributed by atoms with Gasteiger partial charge >= 0.3 is 0 Å². The predicted molar refractivity (Wildman–Crippen MR) is 63.2 cm³/mol. The Morgan fingerprint density at radius 1 is 1.69 bits per heavy atom. The first-order valence-electron chi connectivity index (χ1n) is 4.81. The number of nitrogens with one attached hydrogen (secondary N) is 2. The number of nitrogen functional groups attached to an aromatic ring is 1. The van der Waals surface area contributed by atoms with E-state index in [9.17, 15) is 4.79 Å². The molecular weight excluding hydrogens is 224 g/mol. The van der Waals surface area contributed by atoms with Crippen LogP contribution in [-0.4, -0.2) is 15.9 Å². The topological polar surface area (TPSA) is 83.8 Å². The van der Waals surface area contributed by atoms with Crippen LogP contribution in [0.15, 0.2) is 23.8 Å². The maximum Gasteiger partial charge on any atom is 0.264 e. The van der Waals surface area contributed by atoms with Crippen LogP contribution in [0.3, 0.4) is 0 Å². The van der Waals surface area contributed by atoms with E-state index in [2.05, 4.69) is 15.3 Å². The molecule has 0 aromatic carbocycles. The van der Waals surface area contributed by atoms with Crippen LogP contribution in [0.5, 0.6) is 0 Å². The van der Waals surface area contributed by atoms with E-state index in [-0.39, 0.29) is 11.9 Å². The number of aromatic amines is 1. The van der Waals surface area contributed by atoms with Gasteiger partial charge in [-0.05, 0) is 18.4 Å². The number of hydrogen-bond donors (Lipinski definition) is 3. The fraction of sp³-hybridized carbons (Fsp3) is 0.200. The number of nitrogens with two attached hydrogens (primary N) is 1. The number of imidazole rings is 1. The number of aromatic nitrogens is 2. The maximum atomic E-state index is 11.8. The zero-order valence-corrected chi connectivity index (χ0v) is 9.54. The van der Waals surface area contributed by atoms with Gasteiger partial charge in [0, 0.05) is 12.4 Å². The van der Waals surface area contributed by atoms with Crippen LogP contribution < -0.4 is 11.1 Å². The number of hydrogen-bond acceptors (Lipinski definition) is 4. The van der Waals surface area contributed by atoms with E-state index in [0.717, 1.165) is 5.82 Å².